The predicted molar refractivity (Wildman–Crippen MR) is 154 cm³/mol. The van der Waals surface area contributed by atoms with Crippen molar-refractivity contribution in [2.45, 2.75) is 55.6 Å². The first-order valence-corrected chi connectivity index (χ1v) is 14.7. The Balaban J connectivity index is 1.42. The molecule has 2 atom stereocenters. The molecule has 236 valence electrons. The standard InChI is InChI=1S/C32H27ClF6N4O2/c33-22-15-21(31(34,35)36)17-40-30(22)42-13-11-18(12-14-42)27-25-23(16-24(44)29(45)26(25)32(37,38)39)43(41-27)28(19-7-3-1-4-8-19)20-9-5-2-6-10-20/h1-10,15,17-18,26,28-29,45H,11-14,16H2/t26-,29+/m1/s1. The third-order valence-electron chi connectivity index (χ3n) is 8.54. The van der Waals surface area contributed by atoms with Crippen molar-refractivity contribution in [1.29, 1.82) is 0 Å². The van der Waals surface area contributed by atoms with Gasteiger partial charge in [-0.3, -0.25) is 9.48 Å². The van der Waals surface area contributed by atoms with Gasteiger partial charge in [0, 0.05) is 30.8 Å². The van der Waals surface area contributed by atoms with Crippen LogP contribution in [0.25, 0.3) is 0 Å². The number of ketones is 1. The number of benzene rings is 2. The fraction of sp³-hybridized carbons (Fsp3) is 0.344. The lowest BCUT2D eigenvalue weighted by Gasteiger charge is -2.35. The SMILES string of the molecule is O=C1Cc2c(c(C3CCN(c4ncc(C(F)(F)F)cc4Cl)CC3)nn2C(c2ccccc2)c2ccccc2)[C@@H](C(F)(F)F)[C@H]1O. The highest BCUT2D eigenvalue weighted by atomic mass is 35.5. The third-order valence-corrected chi connectivity index (χ3v) is 8.81. The topological polar surface area (TPSA) is 71.2 Å². The first-order chi connectivity index (χ1) is 21.3. The fourth-order valence-corrected chi connectivity index (χ4v) is 6.70. The number of aliphatic hydroxyl groups is 1. The number of rotatable bonds is 5. The molecule has 1 fully saturated rings. The molecule has 1 N–H and O–H groups in total. The van der Waals surface area contributed by atoms with E-state index in [4.69, 9.17) is 16.7 Å². The highest BCUT2D eigenvalue weighted by molar-refractivity contribution is 6.33. The molecule has 4 aromatic rings. The molecule has 0 unspecified atom stereocenters. The van der Waals surface area contributed by atoms with Gasteiger partial charge in [0.1, 0.15) is 23.9 Å². The number of Topliss-reactive ketones (excluding diaryl/α,β-unsaturated/α-hetero) is 1. The number of hydrogen-bond donors (Lipinski definition) is 1. The zero-order valence-electron chi connectivity index (χ0n) is 23.6. The second kappa shape index (κ2) is 11.8. The van der Waals surface area contributed by atoms with Crippen molar-refractivity contribution in [3.8, 4) is 0 Å². The number of alkyl halides is 6. The van der Waals surface area contributed by atoms with Crippen LogP contribution in [0.4, 0.5) is 32.2 Å². The van der Waals surface area contributed by atoms with Crippen LogP contribution in [0, 0.1) is 0 Å². The van der Waals surface area contributed by atoms with Crippen LogP contribution in [0.5, 0.6) is 0 Å². The molecule has 2 aromatic carbocycles. The number of carbonyl (C=O) groups excluding carboxylic acids is 1. The largest absolute Gasteiger partial charge is 0.417 e. The Morgan fingerprint density at radius 2 is 1.49 bits per heavy atom. The van der Waals surface area contributed by atoms with E-state index < -0.39 is 54.1 Å². The monoisotopic (exact) mass is 648 g/mol. The second-order valence-electron chi connectivity index (χ2n) is 11.3. The minimum Gasteiger partial charge on any atom is -0.384 e. The summed E-state index contributed by atoms with van der Waals surface area (Å²) in [5, 5.41) is 15.2. The zero-order chi connectivity index (χ0) is 32.1. The van der Waals surface area contributed by atoms with Crippen molar-refractivity contribution in [1.82, 2.24) is 14.8 Å². The molecule has 13 heteroatoms. The number of piperidine rings is 1. The van der Waals surface area contributed by atoms with Gasteiger partial charge in [-0.15, -0.1) is 0 Å². The van der Waals surface area contributed by atoms with Gasteiger partial charge >= 0.3 is 12.4 Å². The summed E-state index contributed by atoms with van der Waals surface area (Å²) in [4.78, 5) is 18.5. The van der Waals surface area contributed by atoms with Crippen molar-refractivity contribution >= 4 is 23.2 Å². The van der Waals surface area contributed by atoms with Gasteiger partial charge in [-0.25, -0.2) is 4.98 Å². The third kappa shape index (κ3) is 5.93. The summed E-state index contributed by atoms with van der Waals surface area (Å²) in [7, 11) is 0. The van der Waals surface area contributed by atoms with E-state index in [2.05, 4.69) is 4.98 Å². The maximum absolute atomic E-state index is 14.6. The van der Waals surface area contributed by atoms with Crippen LogP contribution < -0.4 is 4.90 Å². The Hall–Kier alpha value is -3.90. The van der Waals surface area contributed by atoms with Crippen molar-refractivity contribution in [3.05, 3.63) is 112 Å². The highest BCUT2D eigenvalue weighted by Gasteiger charge is 2.54. The molecule has 2 aliphatic rings. The van der Waals surface area contributed by atoms with Crippen molar-refractivity contribution in [3.63, 3.8) is 0 Å². The number of hydrogen-bond acceptors (Lipinski definition) is 5. The highest BCUT2D eigenvalue weighted by Crippen LogP contribution is 2.48. The molecule has 1 aliphatic carbocycles. The second-order valence-corrected chi connectivity index (χ2v) is 11.7. The van der Waals surface area contributed by atoms with Crippen LogP contribution in [0.2, 0.25) is 5.02 Å². The summed E-state index contributed by atoms with van der Waals surface area (Å²) in [5.74, 6) is -3.73. The van der Waals surface area contributed by atoms with Crippen LogP contribution in [-0.4, -0.2) is 51.0 Å². The number of halogens is 7. The first-order valence-electron chi connectivity index (χ1n) is 14.3. The summed E-state index contributed by atoms with van der Waals surface area (Å²) >= 11 is 6.17. The average molecular weight is 649 g/mol. The van der Waals surface area contributed by atoms with E-state index in [9.17, 15) is 36.2 Å². The molecule has 0 amide bonds. The molecular weight excluding hydrogens is 622 g/mol. The van der Waals surface area contributed by atoms with E-state index in [-0.39, 0.29) is 40.9 Å². The Morgan fingerprint density at radius 3 is 2.00 bits per heavy atom. The Kier molecular flexibility index (Phi) is 8.15. The van der Waals surface area contributed by atoms with Crippen molar-refractivity contribution in [2.75, 3.05) is 18.0 Å². The van der Waals surface area contributed by atoms with Crippen molar-refractivity contribution < 1.29 is 36.2 Å². The summed E-state index contributed by atoms with van der Waals surface area (Å²) < 4.78 is 84.8. The minimum atomic E-state index is -4.93. The molecule has 3 heterocycles. The molecule has 1 saturated heterocycles. The number of anilines is 1. The summed E-state index contributed by atoms with van der Waals surface area (Å²) in [5.41, 5.74) is 0.592. The lowest BCUT2D eigenvalue weighted by atomic mass is 9.78. The predicted octanol–water partition coefficient (Wildman–Crippen LogP) is 7.10. The van der Waals surface area contributed by atoms with Crippen LogP contribution in [0.15, 0.2) is 72.9 Å². The normalized spacial score (nSPS) is 19.7. The smallest absolute Gasteiger partial charge is 0.384 e. The van der Waals surface area contributed by atoms with Gasteiger partial charge in [0.05, 0.1) is 28.4 Å². The van der Waals surface area contributed by atoms with Crippen molar-refractivity contribution in [2.24, 2.45) is 0 Å². The molecule has 0 saturated carbocycles. The minimum absolute atomic E-state index is 0.107. The van der Waals surface area contributed by atoms with Gasteiger partial charge in [0.25, 0.3) is 0 Å². The molecule has 6 nitrogen and oxygen atoms in total. The number of aromatic nitrogens is 3. The Labute approximate surface area is 259 Å². The summed E-state index contributed by atoms with van der Waals surface area (Å²) in [6, 6.07) is 18.4. The summed E-state index contributed by atoms with van der Waals surface area (Å²) in [6.07, 6.45) is -11.0. The number of nitrogens with zero attached hydrogens (tertiary/aromatic N) is 4. The molecule has 45 heavy (non-hydrogen) atoms. The maximum atomic E-state index is 14.6. The van der Waals surface area contributed by atoms with Gasteiger partial charge < -0.3 is 10.0 Å². The number of fused-ring (bicyclic) bond motifs is 1. The van der Waals surface area contributed by atoms with Crippen LogP contribution in [0.3, 0.4) is 0 Å². The molecule has 1 aliphatic heterocycles. The molecule has 0 bridgehead atoms. The van der Waals surface area contributed by atoms with E-state index in [1.165, 1.54) is 4.68 Å². The maximum Gasteiger partial charge on any atom is 0.417 e. The molecular formula is C32H27ClF6N4O2. The van der Waals surface area contributed by atoms with E-state index in [1.54, 1.807) is 4.90 Å². The number of carbonyl (C=O) groups is 1. The van der Waals surface area contributed by atoms with Gasteiger partial charge in [0.2, 0.25) is 0 Å². The van der Waals surface area contributed by atoms with E-state index in [0.717, 1.165) is 17.2 Å². The van der Waals surface area contributed by atoms with Gasteiger partial charge in [-0.1, -0.05) is 72.3 Å². The fourth-order valence-electron chi connectivity index (χ4n) is 6.42. The quantitative estimate of drug-likeness (QED) is 0.234. The lowest BCUT2D eigenvalue weighted by molar-refractivity contribution is -0.179. The summed E-state index contributed by atoms with van der Waals surface area (Å²) in [6.45, 7) is 0.479. The number of aliphatic hydroxyl groups excluding tert-OH is 1. The van der Waals surface area contributed by atoms with E-state index in [0.29, 0.717) is 19.0 Å². The van der Waals surface area contributed by atoms with Crippen LogP contribution in [0.1, 0.15) is 64.4 Å². The Bertz CT molecular complexity index is 1650. The average Bonchev–Trinajstić information content (AvgIpc) is 3.35. The zero-order valence-corrected chi connectivity index (χ0v) is 24.3. The van der Waals surface area contributed by atoms with Gasteiger partial charge in [-0.05, 0) is 30.0 Å². The van der Waals surface area contributed by atoms with E-state index >= 15 is 0 Å². The first kappa shape index (κ1) is 31.1. The molecule has 0 spiro atoms. The van der Waals surface area contributed by atoms with Crippen LogP contribution >= 0.6 is 11.6 Å². The van der Waals surface area contributed by atoms with Gasteiger partial charge in [-0.2, -0.15) is 31.4 Å². The van der Waals surface area contributed by atoms with Gasteiger partial charge in [0.15, 0.2) is 5.78 Å². The van der Waals surface area contributed by atoms with Crippen LogP contribution in [-0.2, 0) is 17.4 Å². The Morgan fingerprint density at radius 1 is 0.911 bits per heavy atom. The molecule has 0 radical (unpaired) electrons. The molecule has 6 rings (SSSR count). The van der Waals surface area contributed by atoms with E-state index in [1.807, 2.05) is 60.7 Å². The number of pyridine rings is 1. The lowest BCUT2D eigenvalue weighted by Crippen LogP contribution is -2.43. The molecule has 2 aromatic heterocycles.